The highest BCUT2D eigenvalue weighted by atomic mass is 32.2. The number of hydrogen-bond acceptors (Lipinski definition) is 5. The van der Waals surface area contributed by atoms with E-state index in [1.165, 1.54) is 29.5 Å². The second kappa shape index (κ2) is 6.02. The summed E-state index contributed by atoms with van der Waals surface area (Å²) < 4.78 is 26.2. The van der Waals surface area contributed by atoms with Crippen molar-refractivity contribution in [1.29, 1.82) is 0 Å². The maximum atomic E-state index is 11.4. The Morgan fingerprint density at radius 3 is 2.33 bits per heavy atom. The lowest BCUT2D eigenvalue weighted by atomic mass is 10.2. The summed E-state index contributed by atoms with van der Waals surface area (Å²) in [5, 5.41) is 16.8. The molecule has 0 saturated heterocycles. The molecular weight excluding hydrogens is 328 g/mol. The highest BCUT2D eigenvalue weighted by molar-refractivity contribution is 7.89. The summed E-state index contributed by atoms with van der Waals surface area (Å²) in [6, 6.07) is 8.43. The third-order valence-electron chi connectivity index (χ3n) is 3.63. The molecule has 9 heteroatoms. The lowest BCUT2D eigenvalue weighted by Gasteiger charge is -2.10. The molecule has 0 unspecified atom stereocenters. The number of nitrogens with two attached hydrogens (primary N) is 1. The van der Waals surface area contributed by atoms with Crippen LogP contribution in [0.2, 0.25) is 0 Å². The zero-order valence-corrected chi connectivity index (χ0v) is 14.0. The predicted molar refractivity (Wildman–Crippen MR) is 89.6 cm³/mol. The molecule has 2 heterocycles. The highest BCUT2D eigenvalue weighted by Crippen LogP contribution is 2.21. The van der Waals surface area contributed by atoms with Crippen LogP contribution in [0.3, 0.4) is 0 Å². The van der Waals surface area contributed by atoms with E-state index in [-0.39, 0.29) is 4.90 Å². The van der Waals surface area contributed by atoms with E-state index >= 15 is 0 Å². The van der Waals surface area contributed by atoms with E-state index < -0.39 is 10.0 Å². The van der Waals surface area contributed by atoms with E-state index in [1.807, 2.05) is 24.5 Å². The van der Waals surface area contributed by atoms with Crippen molar-refractivity contribution in [1.82, 2.24) is 19.4 Å². The molecule has 0 aliphatic rings. The maximum absolute atomic E-state index is 11.4. The van der Waals surface area contributed by atoms with Gasteiger partial charge in [0.2, 0.25) is 10.0 Å². The predicted octanol–water partition coefficient (Wildman–Crippen LogP) is 1.22. The Balaban J connectivity index is 1.97. The summed E-state index contributed by atoms with van der Waals surface area (Å²) in [5.41, 5.74) is 3.77. The van der Waals surface area contributed by atoms with Gasteiger partial charge in [-0.05, 0) is 44.2 Å². The number of nitrogens with zero attached hydrogens (tertiary/aromatic N) is 5. The Labute approximate surface area is 139 Å². The molecule has 124 valence electrons. The van der Waals surface area contributed by atoms with Gasteiger partial charge in [0.25, 0.3) is 0 Å². The zero-order valence-electron chi connectivity index (χ0n) is 13.2. The summed E-state index contributed by atoms with van der Waals surface area (Å²) in [7, 11) is -3.70. The summed E-state index contributed by atoms with van der Waals surface area (Å²) in [4.78, 5) is 0.0862. The average molecular weight is 344 g/mol. The van der Waals surface area contributed by atoms with Crippen LogP contribution in [0.5, 0.6) is 0 Å². The molecule has 8 nitrogen and oxygen atoms in total. The Bertz CT molecular complexity index is 986. The lowest BCUT2D eigenvalue weighted by Crippen LogP contribution is -2.12. The van der Waals surface area contributed by atoms with Crippen LogP contribution in [0.1, 0.15) is 17.0 Å². The Morgan fingerprint density at radius 1 is 1.12 bits per heavy atom. The highest BCUT2D eigenvalue weighted by Gasteiger charge is 2.11. The van der Waals surface area contributed by atoms with Crippen LogP contribution in [-0.2, 0) is 10.0 Å². The molecule has 2 aromatic heterocycles. The fraction of sp³-hybridized carbons (Fsp3) is 0.133. The maximum Gasteiger partial charge on any atom is 0.238 e. The molecule has 0 radical (unpaired) electrons. The number of aryl methyl sites for hydroxylation is 1. The minimum absolute atomic E-state index is 0.0862. The summed E-state index contributed by atoms with van der Waals surface area (Å²) in [5.74, 6) is 0. The van der Waals surface area contributed by atoms with Crippen molar-refractivity contribution < 1.29 is 8.42 Å². The molecule has 1 aromatic carbocycles. The first-order chi connectivity index (χ1) is 11.4. The van der Waals surface area contributed by atoms with Crippen molar-refractivity contribution in [2.45, 2.75) is 18.7 Å². The molecule has 3 aromatic rings. The second-order valence-electron chi connectivity index (χ2n) is 5.29. The Hall–Kier alpha value is -2.78. The monoisotopic (exact) mass is 344 g/mol. The van der Waals surface area contributed by atoms with Gasteiger partial charge in [0.1, 0.15) is 12.7 Å². The average Bonchev–Trinajstić information content (AvgIpc) is 3.13. The van der Waals surface area contributed by atoms with Gasteiger partial charge in [-0.2, -0.15) is 5.10 Å². The molecule has 0 spiro atoms. The van der Waals surface area contributed by atoms with Crippen LogP contribution in [-0.4, -0.2) is 34.1 Å². The summed E-state index contributed by atoms with van der Waals surface area (Å²) >= 11 is 0. The van der Waals surface area contributed by atoms with Crippen LogP contribution >= 0.6 is 0 Å². The molecule has 0 amide bonds. The van der Waals surface area contributed by atoms with Gasteiger partial charge < -0.3 is 4.57 Å². The number of rotatable bonds is 4. The smallest absolute Gasteiger partial charge is 0.238 e. The SMILES string of the molecule is Cc1cc(C=Nn2cnnc2)c(C)n1-c1ccc(S(N)(=O)=O)cc1. The van der Waals surface area contributed by atoms with Crippen LogP contribution < -0.4 is 5.14 Å². The molecule has 0 bridgehead atoms. The van der Waals surface area contributed by atoms with E-state index in [0.29, 0.717) is 0 Å². The minimum Gasteiger partial charge on any atom is -0.318 e. The largest absolute Gasteiger partial charge is 0.318 e. The quantitative estimate of drug-likeness (QED) is 0.718. The van der Waals surface area contributed by atoms with Crippen molar-refractivity contribution in [2.24, 2.45) is 10.2 Å². The molecule has 0 fully saturated rings. The van der Waals surface area contributed by atoms with E-state index in [1.54, 1.807) is 18.3 Å². The van der Waals surface area contributed by atoms with Crippen molar-refractivity contribution in [2.75, 3.05) is 0 Å². The van der Waals surface area contributed by atoms with Gasteiger partial charge in [0.15, 0.2) is 0 Å². The van der Waals surface area contributed by atoms with E-state index in [4.69, 9.17) is 5.14 Å². The fourth-order valence-electron chi connectivity index (χ4n) is 2.48. The van der Waals surface area contributed by atoms with Crippen LogP contribution in [0.25, 0.3) is 5.69 Å². The molecule has 0 aliphatic carbocycles. The Kier molecular flexibility index (Phi) is 4.04. The van der Waals surface area contributed by atoms with E-state index in [0.717, 1.165) is 22.6 Å². The zero-order chi connectivity index (χ0) is 17.3. The normalized spacial score (nSPS) is 12.1. The lowest BCUT2D eigenvalue weighted by molar-refractivity contribution is 0.598. The number of primary sulfonamides is 1. The van der Waals surface area contributed by atoms with Gasteiger partial charge in [-0.3, -0.25) is 0 Å². The number of aromatic nitrogens is 4. The third-order valence-corrected chi connectivity index (χ3v) is 4.56. The fourth-order valence-corrected chi connectivity index (χ4v) is 3.00. The van der Waals surface area contributed by atoms with E-state index in [9.17, 15) is 8.42 Å². The van der Waals surface area contributed by atoms with Crippen molar-refractivity contribution in [3.8, 4) is 5.69 Å². The van der Waals surface area contributed by atoms with Crippen molar-refractivity contribution in [3.05, 3.63) is 59.9 Å². The molecule has 0 aliphatic heterocycles. The summed E-state index contributed by atoms with van der Waals surface area (Å²) in [6.07, 6.45) is 4.73. The van der Waals surface area contributed by atoms with Crippen LogP contribution in [0.4, 0.5) is 0 Å². The summed E-state index contributed by atoms with van der Waals surface area (Å²) in [6.45, 7) is 3.94. The molecule has 0 saturated carbocycles. The van der Waals surface area contributed by atoms with Gasteiger partial charge in [-0.1, -0.05) is 0 Å². The molecule has 24 heavy (non-hydrogen) atoms. The molecule has 3 rings (SSSR count). The van der Waals surface area contributed by atoms with Crippen LogP contribution in [0.15, 0.2) is 53.0 Å². The molecule has 0 atom stereocenters. The van der Waals surface area contributed by atoms with Crippen molar-refractivity contribution in [3.63, 3.8) is 0 Å². The standard InChI is InChI=1S/C15H16N6O2S/c1-11-7-13(8-19-20-9-17-18-10-20)12(2)21(11)14-3-5-15(6-4-14)24(16,22)23/h3-10H,1-2H3,(H2,16,22,23). The second-order valence-corrected chi connectivity index (χ2v) is 6.85. The van der Waals surface area contributed by atoms with E-state index in [2.05, 4.69) is 15.3 Å². The number of sulfonamides is 1. The van der Waals surface area contributed by atoms with Gasteiger partial charge >= 0.3 is 0 Å². The van der Waals surface area contributed by atoms with Crippen molar-refractivity contribution >= 4 is 16.2 Å². The molecular formula is C15H16N6O2S. The minimum atomic E-state index is -3.70. The van der Waals surface area contributed by atoms with Gasteiger partial charge in [-0.25, -0.2) is 18.2 Å². The number of hydrogen-bond donors (Lipinski definition) is 1. The first-order valence-electron chi connectivity index (χ1n) is 7.07. The Morgan fingerprint density at radius 2 is 1.75 bits per heavy atom. The van der Waals surface area contributed by atoms with Gasteiger partial charge in [0, 0.05) is 22.6 Å². The topological polar surface area (TPSA) is 108 Å². The first kappa shape index (κ1) is 16.1. The van der Waals surface area contributed by atoms with Gasteiger partial charge in [-0.15, -0.1) is 10.2 Å². The first-order valence-corrected chi connectivity index (χ1v) is 8.62. The van der Waals surface area contributed by atoms with Gasteiger partial charge in [0.05, 0.1) is 11.1 Å². The number of benzene rings is 1. The molecule has 2 N–H and O–H groups in total. The third kappa shape index (κ3) is 3.12. The van der Waals surface area contributed by atoms with Crippen LogP contribution in [0, 0.1) is 13.8 Å².